The van der Waals surface area contributed by atoms with E-state index in [2.05, 4.69) is 5.16 Å². The van der Waals surface area contributed by atoms with Crippen LogP contribution >= 0.6 is 23.2 Å². The predicted molar refractivity (Wildman–Crippen MR) is 117 cm³/mol. The minimum absolute atomic E-state index is 0.00387. The van der Waals surface area contributed by atoms with E-state index in [1.807, 2.05) is 0 Å². The van der Waals surface area contributed by atoms with Crippen molar-refractivity contribution in [3.8, 4) is 5.75 Å². The number of nitrogens with zero attached hydrogens (tertiary/aromatic N) is 1. The topological polar surface area (TPSA) is 65.0 Å². The molecule has 3 aromatic carbocycles. The van der Waals surface area contributed by atoms with Crippen LogP contribution in [-0.2, 0) is 20.6 Å². The van der Waals surface area contributed by atoms with Gasteiger partial charge in [-0.05, 0) is 66.2 Å². The van der Waals surface area contributed by atoms with E-state index in [9.17, 15) is 26.0 Å². The Kier molecular flexibility index (Phi) is 6.26. The molecule has 0 bridgehead atoms. The predicted octanol–water partition coefficient (Wildman–Crippen LogP) is 6.48. The fourth-order valence-corrected chi connectivity index (χ4v) is 4.83. The van der Waals surface area contributed by atoms with Crippen LogP contribution in [0.5, 0.6) is 5.75 Å². The molecule has 0 radical (unpaired) electrons. The summed E-state index contributed by atoms with van der Waals surface area (Å²) in [4.78, 5) is 4.54. The molecule has 1 atom stereocenters. The fraction of sp³-hybridized carbons (Fsp3) is 0.136. The van der Waals surface area contributed by atoms with Crippen molar-refractivity contribution >= 4 is 39.0 Å². The Labute approximate surface area is 201 Å². The molecule has 0 aliphatic carbocycles. The van der Waals surface area contributed by atoms with Gasteiger partial charge in [-0.3, -0.25) is 0 Å². The molecule has 0 fully saturated rings. The van der Waals surface area contributed by atoms with Crippen LogP contribution in [0.1, 0.15) is 17.5 Å². The highest BCUT2D eigenvalue weighted by molar-refractivity contribution is 7.87. The van der Waals surface area contributed by atoms with Gasteiger partial charge in [-0.1, -0.05) is 34.4 Å². The van der Waals surface area contributed by atoms with E-state index in [0.29, 0.717) is 0 Å². The Bertz CT molecular complexity index is 1360. The summed E-state index contributed by atoms with van der Waals surface area (Å²) in [6, 6.07) is 12.9. The lowest BCUT2D eigenvalue weighted by molar-refractivity contribution is -0.275. The van der Waals surface area contributed by atoms with Crippen LogP contribution < -0.4 is 4.18 Å². The first-order valence-corrected chi connectivity index (χ1v) is 11.6. The van der Waals surface area contributed by atoms with E-state index >= 15 is 0 Å². The zero-order valence-electron chi connectivity index (χ0n) is 16.8. The molecule has 0 N–H and O–H groups in total. The standard InChI is InChI=1S/C22H13Cl2F4NO4S/c23-15-8-14(9-16(24)10-15)21(22(26,27)28)12-20(29-33-21)13-4-6-18(7-5-13)32-34(30,31)19-3-1-2-17(25)11-19/h1-11H,12H2. The van der Waals surface area contributed by atoms with Crippen molar-refractivity contribution in [1.29, 1.82) is 0 Å². The molecule has 1 unspecified atom stereocenters. The zero-order valence-corrected chi connectivity index (χ0v) is 19.1. The highest BCUT2D eigenvalue weighted by Crippen LogP contribution is 2.49. The number of benzene rings is 3. The Morgan fingerprint density at radius 3 is 2.21 bits per heavy atom. The number of halogens is 6. The molecule has 34 heavy (non-hydrogen) atoms. The Morgan fingerprint density at radius 1 is 0.971 bits per heavy atom. The van der Waals surface area contributed by atoms with Crippen molar-refractivity contribution in [1.82, 2.24) is 0 Å². The Hall–Kier alpha value is -2.82. The zero-order chi connectivity index (χ0) is 24.7. The molecule has 0 aromatic heterocycles. The third-order valence-corrected chi connectivity index (χ3v) is 6.67. The molecule has 0 amide bonds. The smallest absolute Gasteiger partial charge is 0.379 e. The third kappa shape index (κ3) is 4.70. The first-order chi connectivity index (χ1) is 15.9. The molecule has 0 saturated carbocycles. The maximum Gasteiger partial charge on any atom is 0.435 e. The van der Waals surface area contributed by atoms with Gasteiger partial charge in [-0.15, -0.1) is 0 Å². The Balaban J connectivity index is 1.58. The number of alkyl halides is 3. The third-order valence-electron chi connectivity index (χ3n) is 4.99. The van der Waals surface area contributed by atoms with E-state index in [-0.39, 0.29) is 37.5 Å². The van der Waals surface area contributed by atoms with Gasteiger partial charge < -0.3 is 9.02 Å². The summed E-state index contributed by atoms with van der Waals surface area (Å²) >= 11 is 11.8. The summed E-state index contributed by atoms with van der Waals surface area (Å²) in [5, 5.41) is 3.64. The van der Waals surface area contributed by atoms with Crippen LogP contribution in [-0.4, -0.2) is 20.3 Å². The van der Waals surface area contributed by atoms with Gasteiger partial charge in [0.1, 0.15) is 16.5 Å². The van der Waals surface area contributed by atoms with Gasteiger partial charge in [0.2, 0.25) is 0 Å². The second kappa shape index (κ2) is 8.75. The second-order valence-electron chi connectivity index (χ2n) is 7.31. The average Bonchev–Trinajstić information content (AvgIpc) is 3.20. The van der Waals surface area contributed by atoms with Gasteiger partial charge in [-0.25, -0.2) is 4.39 Å². The summed E-state index contributed by atoms with van der Waals surface area (Å²) in [6.07, 6.45) is -5.52. The lowest BCUT2D eigenvalue weighted by Crippen LogP contribution is -2.42. The van der Waals surface area contributed by atoms with Gasteiger partial charge >= 0.3 is 16.3 Å². The molecule has 12 heteroatoms. The number of hydrogen-bond donors (Lipinski definition) is 0. The lowest BCUT2D eigenvalue weighted by atomic mass is 9.86. The van der Waals surface area contributed by atoms with Gasteiger partial charge in [-0.2, -0.15) is 21.6 Å². The summed E-state index contributed by atoms with van der Waals surface area (Å²) in [6.45, 7) is 0. The molecular formula is C22H13Cl2F4NO4S. The SMILES string of the molecule is O=S(=O)(Oc1ccc(C2=NOC(c3cc(Cl)cc(Cl)c3)(C(F)(F)F)C2)cc1)c1cccc(F)c1. The Morgan fingerprint density at radius 2 is 1.62 bits per heavy atom. The first kappa shape index (κ1) is 24.3. The van der Waals surface area contributed by atoms with Gasteiger partial charge in [0.25, 0.3) is 5.60 Å². The normalized spacial score (nSPS) is 18.4. The molecule has 3 aromatic rings. The maximum atomic E-state index is 14.1. The van der Waals surface area contributed by atoms with Crippen molar-refractivity contribution in [3.63, 3.8) is 0 Å². The van der Waals surface area contributed by atoms with Crippen molar-refractivity contribution < 1.29 is 35.0 Å². The second-order valence-corrected chi connectivity index (χ2v) is 9.73. The van der Waals surface area contributed by atoms with Crippen molar-refractivity contribution in [2.45, 2.75) is 23.1 Å². The van der Waals surface area contributed by atoms with Gasteiger partial charge in [0, 0.05) is 22.0 Å². The minimum atomic E-state index is -4.85. The van der Waals surface area contributed by atoms with Crippen LogP contribution in [0.4, 0.5) is 17.6 Å². The van der Waals surface area contributed by atoms with Crippen molar-refractivity contribution in [3.05, 3.63) is 93.7 Å². The largest absolute Gasteiger partial charge is 0.435 e. The van der Waals surface area contributed by atoms with E-state index in [4.69, 9.17) is 32.2 Å². The summed E-state index contributed by atoms with van der Waals surface area (Å²) < 4.78 is 85.2. The van der Waals surface area contributed by atoms with Crippen molar-refractivity contribution in [2.75, 3.05) is 0 Å². The van der Waals surface area contributed by atoms with Crippen LogP contribution in [0.15, 0.2) is 76.8 Å². The highest BCUT2D eigenvalue weighted by atomic mass is 35.5. The molecule has 0 saturated heterocycles. The number of hydrogen-bond acceptors (Lipinski definition) is 5. The highest BCUT2D eigenvalue weighted by Gasteiger charge is 2.62. The van der Waals surface area contributed by atoms with Gasteiger partial charge in [0.15, 0.2) is 0 Å². The van der Waals surface area contributed by atoms with E-state index < -0.39 is 34.1 Å². The number of oxime groups is 1. The first-order valence-electron chi connectivity index (χ1n) is 9.48. The molecule has 178 valence electrons. The number of rotatable bonds is 5. The molecular weight excluding hydrogens is 521 g/mol. The van der Waals surface area contributed by atoms with Crippen LogP contribution in [0.2, 0.25) is 10.0 Å². The van der Waals surface area contributed by atoms with Crippen molar-refractivity contribution in [2.24, 2.45) is 5.16 Å². The monoisotopic (exact) mass is 533 g/mol. The fourth-order valence-electron chi connectivity index (χ4n) is 3.35. The summed E-state index contributed by atoms with van der Waals surface area (Å²) in [5.41, 5.74) is -2.90. The quantitative estimate of drug-likeness (QED) is 0.278. The maximum absolute atomic E-state index is 14.1. The molecule has 1 aliphatic rings. The average molecular weight is 534 g/mol. The van der Waals surface area contributed by atoms with E-state index in [0.717, 1.165) is 30.3 Å². The van der Waals surface area contributed by atoms with E-state index in [1.165, 1.54) is 36.4 Å². The minimum Gasteiger partial charge on any atom is -0.379 e. The molecule has 0 spiro atoms. The molecule has 5 nitrogen and oxygen atoms in total. The summed E-state index contributed by atoms with van der Waals surface area (Å²) in [5.74, 6) is -0.885. The molecule has 1 heterocycles. The van der Waals surface area contributed by atoms with E-state index in [1.54, 1.807) is 0 Å². The van der Waals surface area contributed by atoms with Crippen LogP contribution in [0.3, 0.4) is 0 Å². The molecule has 4 rings (SSSR count). The molecule has 1 aliphatic heterocycles. The van der Waals surface area contributed by atoms with Crippen LogP contribution in [0, 0.1) is 5.82 Å². The summed E-state index contributed by atoms with van der Waals surface area (Å²) in [7, 11) is -4.32. The lowest BCUT2D eigenvalue weighted by Gasteiger charge is -2.29. The van der Waals surface area contributed by atoms with Crippen LogP contribution in [0.25, 0.3) is 0 Å². The van der Waals surface area contributed by atoms with Gasteiger partial charge in [0.05, 0.1) is 5.71 Å².